The molecule has 0 aliphatic heterocycles. The number of halogens is 1. The molecule has 4 aromatic rings. The molecule has 1 amide bonds. The Hall–Kier alpha value is -3.11. The molecule has 0 atom stereocenters. The van der Waals surface area contributed by atoms with Gasteiger partial charge in [-0.25, -0.2) is 4.98 Å². The number of aromatic nitrogens is 2. The number of hydrogen-bond acceptors (Lipinski definition) is 2. The maximum Gasteiger partial charge on any atom is 0.252 e. The Bertz CT molecular complexity index is 1190. The smallest absolute Gasteiger partial charge is 0.252 e. The van der Waals surface area contributed by atoms with Crippen LogP contribution in [0.4, 0.5) is 0 Å². The third-order valence-electron chi connectivity index (χ3n) is 5.90. The van der Waals surface area contributed by atoms with Crippen molar-refractivity contribution in [1.29, 1.82) is 0 Å². The van der Waals surface area contributed by atoms with Crippen molar-refractivity contribution in [3.05, 3.63) is 101 Å². The lowest BCUT2D eigenvalue weighted by molar-refractivity contribution is 0.0953. The Balaban J connectivity index is 1.27. The molecule has 0 bridgehead atoms. The van der Waals surface area contributed by atoms with Gasteiger partial charge in [0.05, 0.1) is 21.6 Å². The van der Waals surface area contributed by atoms with Gasteiger partial charge in [0.25, 0.3) is 5.91 Å². The van der Waals surface area contributed by atoms with E-state index in [0.717, 1.165) is 56.4 Å². The van der Waals surface area contributed by atoms with E-state index in [9.17, 15) is 4.79 Å². The second-order valence-electron chi connectivity index (χ2n) is 8.30. The van der Waals surface area contributed by atoms with Gasteiger partial charge in [0.15, 0.2) is 0 Å². The fourth-order valence-electron chi connectivity index (χ4n) is 4.18. The fraction of sp³-hybridized carbons (Fsp3) is 0.286. The van der Waals surface area contributed by atoms with Gasteiger partial charge >= 0.3 is 0 Å². The predicted octanol–water partition coefficient (Wildman–Crippen LogP) is 6.47. The van der Waals surface area contributed by atoms with Gasteiger partial charge in [-0.2, -0.15) is 0 Å². The molecular formula is C28H30ClN3O. The number of hydrogen-bond donors (Lipinski definition) is 1. The number of rotatable bonds is 11. The van der Waals surface area contributed by atoms with Crippen LogP contribution in [0.2, 0.25) is 5.02 Å². The number of para-hydroxylation sites is 2. The van der Waals surface area contributed by atoms with Gasteiger partial charge in [-0.3, -0.25) is 4.79 Å². The molecule has 1 N–H and O–H groups in total. The number of nitrogens with zero attached hydrogens (tertiary/aromatic N) is 2. The first-order valence-corrected chi connectivity index (χ1v) is 12.1. The van der Waals surface area contributed by atoms with Gasteiger partial charge in [0.2, 0.25) is 0 Å². The molecule has 3 aromatic carbocycles. The zero-order chi connectivity index (χ0) is 22.9. The molecule has 1 heterocycles. The lowest BCUT2D eigenvalue weighted by Crippen LogP contribution is -2.24. The number of carbonyl (C=O) groups is 1. The molecule has 4 rings (SSSR count). The van der Waals surface area contributed by atoms with E-state index in [4.69, 9.17) is 16.6 Å². The van der Waals surface area contributed by atoms with Crippen LogP contribution in [0.1, 0.15) is 47.4 Å². The number of aryl methyl sites for hydroxylation is 3. The number of imidazole rings is 1. The molecule has 0 saturated carbocycles. The van der Waals surface area contributed by atoms with Crippen molar-refractivity contribution >= 4 is 28.5 Å². The van der Waals surface area contributed by atoms with E-state index in [1.54, 1.807) is 12.1 Å². The summed E-state index contributed by atoms with van der Waals surface area (Å²) in [4.78, 5) is 17.2. The summed E-state index contributed by atoms with van der Waals surface area (Å²) in [6.45, 7) is 1.62. The van der Waals surface area contributed by atoms with Gasteiger partial charge in [-0.05, 0) is 55.5 Å². The molecule has 5 heteroatoms. The first kappa shape index (κ1) is 23.1. The Morgan fingerprint density at radius 2 is 1.58 bits per heavy atom. The van der Waals surface area contributed by atoms with E-state index in [0.29, 0.717) is 17.1 Å². The maximum absolute atomic E-state index is 12.3. The minimum absolute atomic E-state index is 0.110. The first-order chi connectivity index (χ1) is 16.2. The number of fused-ring (bicyclic) bond motifs is 1. The van der Waals surface area contributed by atoms with Crippen molar-refractivity contribution in [2.45, 2.75) is 45.1 Å². The van der Waals surface area contributed by atoms with E-state index in [2.05, 4.69) is 64.5 Å². The molecule has 170 valence electrons. The molecule has 0 unspecified atom stereocenters. The number of nitrogens with one attached hydrogen (secondary N) is 1. The van der Waals surface area contributed by atoms with E-state index in [1.807, 2.05) is 12.1 Å². The topological polar surface area (TPSA) is 46.9 Å². The summed E-state index contributed by atoms with van der Waals surface area (Å²) in [6.07, 6.45) is 6.12. The SMILES string of the molecule is O=C(NCCCCCc1nc2ccccc2n1CCCc1ccccc1)c1ccccc1Cl. The second-order valence-corrected chi connectivity index (χ2v) is 8.71. The molecule has 0 spiro atoms. The molecule has 0 aliphatic carbocycles. The highest BCUT2D eigenvalue weighted by atomic mass is 35.5. The minimum Gasteiger partial charge on any atom is -0.352 e. The molecule has 0 saturated heterocycles. The number of amides is 1. The summed E-state index contributed by atoms with van der Waals surface area (Å²) in [7, 11) is 0. The van der Waals surface area contributed by atoms with Gasteiger partial charge in [0, 0.05) is 19.5 Å². The largest absolute Gasteiger partial charge is 0.352 e. The monoisotopic (exact) mass is 459 g/mol. The highest BCUT2D eigenvalue weighted by Crippen LogP contribution is 2.19. The highest BCUT2D eigenvalue weighted by molar-refractivity contribution is 6.33. The van der Waals surface area contributed by atoms with Crippen molar-refractivity contribution < 1.29 is 4.79 Å². The van der Waals surface area contributed by atoms with E-state index in [-0.39, 0.29) is 5.91 Å². The van der Waals surface area contributed by atoms with Gasteiger partial charge in [0.1, 0.15) is 5.82 Å². The summed E-state index contributed by atoms with van der Waals surface area (Å²) >= 11 is 6.10. The summed E-state index contributed by atoms with van der Waals surface area (Å²) in [5.41, 5.74) is 4.19. The van der Waals surface area contributed by atoms with Crippen LogP contribution < -0.4 is 5.32 Å². The van der Waals surface area contributed by atoms with Gasteiger partial charge in [-0.15, -0.1) is 0 Å². The third kappa shape index (κ3) is 6.23. The van der Waals surface area contributed by atoms with Crippen molar-refractivity contribution in [3.8, 4) is 0 Å². The molecule has 4 nitrogen and oxygen atoms in total. The molecular weight excluding hydrogens is 430 g/mol. The number of carbonyl (C=O) groups excluding carboxylic acids is 1. The van der Waals surface area contributed by atoms with Crippen LogP contribution in [0.3, 0.4) is 0 Å². The quantitative estimate of drug-likeness (QED) is 0.261. The summed E-state index contributed by atoms with van der Waals surface area (Å²) < 4.78 is 2.39. The van der Waals surface area contributed by atoms with Crippen LogP contribution in [0, 0.1) is 0 Å². The van der Waals surface area contributed by atoms with Crippen molar-refractivity contribution in [2.75, 3.05) is 6.54 Å². The Morgan fingerprint density at radius 1 is 0.818 bits per heavy atom. The lowest BCUT2D eigenvalue weighted by Gasteiger charge is -2.10. The van der Waals surface area contributed by atoms with Crippen LogP contribution in [-0.2, 0) is 19.4 Å². The first-order valence-electron chi connectivity index (χ1n) is 11.7. The summed E-state index contributed by atoms with van der Waals surface area (Å²) in [6, 6.07) is 26.2. The van der Waals surface area contributed by atoms with Crippen LogP contribution in [-0.4, -0.2) is 22.0 Å². The van der Waals surface area contributed by atoms with Crippen molar-refractivity contribution in [1.82, 2.24) is 14.9 Å². The zero-order valence-corrected chi connectivity index (χ0v) is 19.6. The molecule has 0 aliphatic rings. The molecule has 0 radical (unpaired) electrons. The van der Waals surface area contributed by atoms with Crippen molar-refractivity contribution in [3.63, 3.8) is 0 Å². The van der Waals surface area contributed by atoms with Crippen LogP contribution in [0.5, 0.6) is 0 Å². The Labute approximate surface area is 200 Å². The van der Waals surface area contributed by atoms with E-state index < -0.39 is 0 Å². The number of benzene rings is 3. The average molecular weight is 460 g/mol. The van der Waals surface area contributed by atoms with Crippen LogP contribution >= 0.6 is 11.6 Å². The molecule has 33 heavy (non-hydrogen) atoms. The van der Waals surface area contributed by atoms with Crippen LogP contribution in [0.15, 0.2) is 78.9 Å². The maximum atomic E-state index is 12.3. The van der Waals surface area contributed by atoms with Gasteiger partial charge < -0.3 is 9.88 Å². The van der Waals surface area contributed by atoms with E-state index >= 15 is 0 Å². The third-order valence-corrected chi connectivity index (χ3v) is 6.23. The molecule has 1 aromatic heterocycles. The summed E-state index contributed by atoms with van der Waals surface area (Å²) in [5.74, 6) is 1.05. The summed E-state index contributed by atoms with van der Waals surface area (Å²) in [5, 5.41) is 3.46. The minimum atomic E-state index is -0.110. The predicted molar refractivity (Wildman–Crippen MR) is 136 cm³/mol. The standard InChI is InChI=1S/C28H30ClN3O/c29-24-16-7-6-15-23(24)28(33)30-20-10-2-5-19-27-31-25-17-8-9-18-26(25)32(27)21-11-14-22-12-3-1-4-13-22/h1,3-4,6-9,12-13,15-18H,2,5,10-11,14,19-21H2,(H,30,33). The second kappa shape index (κ2) is 11.7. The fourth-order valence-corrected chi connectivity index (χ4v) is 4.40. The lowest BCUT2D eigenvalue weighted by atomic mass is 10.1. The van der Waals surface area contributed by atoms with Gasteiger partial charge in [-0.1, -0.05) is 72.6 Å². The Morgan fingerprint density at radius 3 is 2.42 bits per heavy atom. The normalized spacial score (nSPS) is 11.1. The van der Waals surface area contributed by atoms with E-state index in [1.165, 1.54) is 11.1 Å². The molecule has 0 fully saturated rings. The number of unbranched alkanes of at least 4 members (excludes halogenated alkanes) is 2. The Kier molecular flexibility index (Phi) is 8.15. The average Bonchev–Trinajstić information content (AvgIpc) is 3.19. The van der Waals surface area contributed by atoms with Crippen LogP contribution in [0.25, 0.3) is 11.0 Å². The van der Waals surface area contributed by atoms with Crippen molar-refractivity contribution in [2.24, 2.45) is 0 Å². The highest BCUT2D eigenvalue weighted by Gasteiger charge is 2.11. The zero-order valence-electron chi connectivity index (χ0n) is 18.8.